The Labute approximate surface area is 107 Å². The summed E-state index contributed by atoms with van der Waals surface area (Å²) in [5.74, 6) is 2.06. The van der Waals surface area contributed by atoms with Gasteiger partial charge in [0.25, 0.3) is 0 Å². The molecular formula is C10H12N6OS. The molecule has 94 valence electrons. The Balaban J connectivity index is 1.50. The highest BCUT2D eigenvalue weighted by Crippen LogP contribution is 2.39. The second kappa shape index (κ2) is 4.73. The molecule has 2 amide bonds. The molecule has 8 heteroatoms. The lowest BCUT2D eigenvalue weighted by Crippen LogP contribution is -2.28. The van der Waals surface area contributed by atoms with Crippen molar-refractivity contribution in [3.05, 3.63) is 24.0 Å². The molecule has 18 heavy (non-hydrogen) atoms. The summed E-state index contributed by atoms with van der Waals surface area (Å²) in [7, 11) is 0. The second-order valence-corrected chi connectivity index (χ2v) is 4.83. The molecule has 0 saturated heterocycles. The molecule has 0 bridgehead atoms. The molecule has 2 aromatic rings. The van der Waals surface area contributed by atoms with Crippen molar-refractivity contribution in [2.45, 2.75) is 25.3 Å². The summed E-state index contributed by atoms with van der Waals surface area (Å²) in [5, 5.41) is 5.88. The van der Waals surface area contributed by atoms with Crippen LogP contribution in [0.15, 0.2) is 12.4 Å². The van der Waals surface area contributed by atoms with Crippen LogP contribution in [0.4, 0.5) is 9.93 Å². The molecule has 1 aliphatic carbocycles. The third-order valence-corrected chi connectivity index (χ3v) is 3.22. The van der Waals surface area contributed by atoms with Gasteiger partial charge in [-0.25, -0.2) is 14.8 Å². The number of anilines is 1. The lowest BCUT2D eigenvalue weighted by Gasteiger charge is -2.02. The van der Waals surface area contributed by atoms with E-state index in [2.05, 4.69) is 30.0 Å². The van der Waals surface area contributed by atoms with Crippen LogP contribution in [-0.4, -0.2) is 25.4 Å². The highest BCUT2D eigenvalue weighted by atomic mass is 32.1. The van der Waals surface area contributed by atoms with E-state index in [1.807, 2.05) is 0 Å². The number of hydrogen-bond acceptors (Lipinski definition) is 5. The molecule has 0 unspecified atom stereocenters. The Morgan fingerprint density at radius 3 is 3.17 bits per heavy atom. The van der Waals surface area contributed by atoms with Crippen molar-refractivity contribution in [2.24, 2.45) is 0 Å². The van der Waals surface area contributed by atoms with Crippen molar-refractivity contribution in [2.75, 3.05) is 5.32 Å². The normalized spacial score (nSPS) is 14.4. The number of aromatic amines is 1. The van der Waals surface area contributed by atoms with Gasteiger partial charge in [0.2, 0.25) is 5.13 Å². The number of carbonyl (C=O) groups excluding carboxylic acids is 1. The maximum absolute atomic E-state index is 11.6. The van der Waals surface area contributed by atoms with Gasteiger partial charge in [0.05, 0.1) is 6.54 Å². The van der Waals surface area contributed by atoms with E-state index in [9.17, 15) is 4.79 Å². The van der Waals surface area contributed by atoms with Gasteiger partial charge in [0.1, 0.15) is 11.6 Å². The van der Waals surface area contributed by atoms with Crippen molar-refractivity contribution >= 4 is 22.7 Å². The fourth-order valence-electron chi connectivity index (χ4n) is 1.49. The number of aromatic nitrogens is 4. The van der Waals surface area contributed by atoms with Gasteiger partial charge in [-0.3, -0.25) is 5.32 Å². The predicted octanol–water partition coefficient (Wildman–Crippen LogP) is 1.46. The van der Waals surface area contributed by atoms with Gasteiger partial charge in [-0.15, -0.1) is 0 Å². The Morgan fingerprint density at radius 2 is 2.44 bits per heavy atom. The van der Waals surface area contributed by atoms with Crippen LogP contribution in [0.2, 0.25) is 0 Å². The summed E-state index contributed by atoms with van der Waals surface area (Å²) < 4.78 is 4.21. The fraction of sp³-hybridized carbons (Fsp3) is 0.400. The third kappa shape index (κ3) is 2.65. The lowest BCUT2D eigenvalue weighted by molar-refractivity contribution is 0.251. The van der Waals surface area contributed by atoms with Gasteiger partial charge in [0, 0.05) is 29.8 Å². The number of hydrogen-bond donors (Lipinski definition) is 3. The van der Waals surface area contributed by atoms with E-state index in [0.29, 0.717) is 23.4 Å². The molecule has 3 N–H and O–H groups in total. The van der Waals surface area contributed by atoms with E-state index in [1.54, 1.807) is 12.4 Å². The van der Waals surface area contributed by atoms with Crippen molar-refractivity contribution in [3.8, 4) is 0 Å². The molecule has 2 aromatic heterocycles. The van der Waals surface area contributed by atoms with E-state index < -0.39 is 0 Å². The summed E-state index contributed by atoms with van der Waals surface area (Å²) in [6, 6.07) is -0.301. The van der Waals surface area contributed by atoms with Gasteiger partial charge >= 0.3 is 6.03 Å². The molecule has 0 aromatic carbocycles. The summed E-state index contributed by atoms with van der Waals surface area (Å²) in [5.41, 5.74) is 0. The van der Waals surface area contributed by atoms with Gasteiger partial charge in [-0.05, 0) is 12.8 Å². The van der Waals surface area contributed by atoms with E-state index in [1.165, 1.54) is 11.5 Å². The number of rotatable bonds is 4. The minimum Gasteiger partial charge on any atom is -0.347 e. The Hall–Kier alpha value is -1.96. The molecule has 0 aliphatic heterocycles. The number of carbonyl (C=O) groups is 1. The van der Waals surface area contributed by atoms with Crippen LogP contribution in [0, 0.1) is 0 Å². The Bertz CT molecular complexity index is 532. The van der Waals surface area contributed by atoms with Gasteiger partial charge in [0.15, 0.2) is 0 Å². The van der Waals surface area contributed by atoms with Crippen LogP contribution in [0.3, 0.4) is 0 Å². The van der Waals surface area contributed by atoms with E-state index in [0.717, 1.165) is 18.7 Å². The Morgan fingerprint density at radius 1 is 1.56 bits per heavy atom. The van der Waals surface area contributed by atoms with Crippen LogP contribution in [0.1, 0.15) is 30.4 Å². The van der Waals surface area contributed by atoms with E-state index in [4.69, 9.17) is 0 Å². The quantitative estimate of drug-likeness (QED) is 0.779. The predicted molar refractivity (Wildman–Crippen MR) is 66.3 cm³/mol. The van der Waals surface area contributed by atoms with Crippen LogP contribution >= 0.6 is 11.5 Å². The van der Waals surface area contributed by atoms with E-state index in [-0.39, 0.29) is 6.03 Å². The minimum absolute atomic E-state index is 0.301. The molecule has 1 aliphatic rings. The first-order valence-corrected chi connectivity index (χ1v) is 6.45. The Kier molecular flexibility index (Phi) is 2.93. The van der Waals surface area contributed by atoms with Crippen molar-refractivity contribution in [1.82, 2.24) is 24.6 Å². The largest absolute Gasteiger partial charge is 0.347 e. The number of amides is 2. The number of urea groups is 1. The number of imidazole rings is 1. The van der Waals surface area contributed by atoms with Crippen molar-refractivity contribution < 1.29 is 4.79 Å². The number of H-pyrrole nitrogens is 1. The first-order chi connectivity index (χ1) is 8.81. The van der Waals surface area contributed by atoms with Crippen LogP contribution < -0.4 is 10.6 Å². The highest BCUT2D eigenvalue weighted by Gasteiger charge is 2.27. The van der Waals surface area contributed by atoms with Gasteiger partial charge < -0.3 is 10.3 Å². The highest BCUT2D eigenvalue weighted by molar-refractivity contribution is 7.09. The number of nitrogens with zero attached hydrogens (tertiary/aromatic N) is 3. The molecule has 1 saturated carbocycles. The summed E-state index contributed by atoms with van der Waals surface area (Å²) in [6.45, 7) is 0.354. The molecule has 0 spiro atoms. The molecular weight excluding hydrogens is 252 g/mol. The molecule has 1 fully saturated rings. The van der Waals surface area contributed by atoms with E-state index >= 15 is 0 Å². The lowest BCUT2D eigenvalue weighted by atomic mass is 10.4. The molecule has 3 rings (SSSR count). The molecule has 7 nitrogen and oxygen atoms in total. The molecule has 0 atom stereocenters. The third-order valence-electron chi connectivity index (χ3n) is 2.58. The topological polar surface area (TPSA) is 95.6 Å². The molecule has 2 heterocycles. The first-order valence-electron chi connectivity index (χ1n) is 5.68. The first kappa shape index (κ1) is 11.1. The van der Waals surface area contributed by atoms with Crippen molar-refractivity contribution in [1.29, 1.82) is 0 Å². The average molecular weight is 264 g/mol. The summed E-state index contributed by atoms with van der Waals surface area (Å²) in [6.07, 6.45) is 5.66. The smallest absolute Gasteiger partial charge is 0.321 e. The zero-order chi connectivity index (χ0) is 12.4. The second-order valence-electron chi connectivity index (χ2n) is 4.08. The van der Waals surface area contributed by atoms with Crippen LogP contribution in [0.25, 0.3) is 0 Å². The number of nitrogens with one attached hydrogen (secondary N) is 3. The fourth-order valence-corrected chi connectivity index (χ4v) is 2.14. The van der Waals surface area contributed by atoms with Gasteiger partial charge in [-0.1, -0.05) is 0 Å². The molecule has 0 radical (unpaired) electrons. The van der Waals surface area contributed by atoms with Crippen molar-refractivity contribution in [3.63, 3.8) is 0 Å². The standard InChI is InChI=1S/C10H12N6OS/c17-9(13-5-7-11-3-4-12-7)15-10-14-8(16-18-10)6-1-2-6/h3-4,6H,1-2,5H2,(H,11,12)(H2,13,14,15,16,17). The minimum atomic E-state index is -0.301. The summed E-state index contributed by atoms with van der Waals surface area (Å²) in [4.78, 5) is 22.8. The van der Waals surface area contributed by atoms with Gasteiger partial charge in [-0.2, -0.15) is 4.37 Å². The monoisotopic (exact) mass is 264 g/mol. The van der Waals surface area contributed by atoms with Crippen LogP contribution in [-0.2, 0) is 6.54 Å². The maximum atomic E-state index is 11.6. The van der Waals surface area contributed by atoms with Crippen LogP contribution in [0.5, 0.6) is 0 Å². The average Bonchev–Trinajstić information content (AvgIpc) is 2.90. The SMILES string of the molecule is O=C(NCc1ncc[nH]1)Nc1nc(C2CC2)ns1. The maximum Gasteiger partial charge on any atom is 0.321 e. The zero-order valence-electron chi connectivity index (χ0n) is 9.51. The summed E-state index contributed by atoms with van der Waals surface area (Å²) >= 11 is 1.21. The zero-order valence-corrected chi connectivity index (χ0v) is 10.3.